The molecule has 2 heterocycles. The number of nitrogens with zero attached hydrogens (tertiary/aromatic N) is 2. The Labute approximate surface area is 123 Å². The number of aromatic nitrogens is 2. The van der Waals surface area contributed by atoms with Crippen LogP contribution >= 0.6 is 11.8 Å². The topological polar surface area (TPSA) is 51.0 Å². The molecule has 3 rings (SSSR count). The van der Waals surface area contributed by atoms with Gasteiger partial charge in [-0.25, -0.2) is 0 Å². The predicted octanol–water partition coefficient (Wildman–Crippen LogP) is 2.27. The third kappa shape index (κ3) is 3.04. The summed E-state index contributed by atoms with van der Waals surface area (Å²) in [5, 5.41) is 7.45. The summed E-state index contributed by atoms with van der Waals surface area (Å²) in [6, 6.07) is 10.9. The highest BCUT2D eigenvalue weighted by Gasteiger charge is 2.32. The standard InChI is InChI=1S/C15H19N3OS/c1-16-13-10-20-9-12(13)15-17-14(18-19-15)8-7-11-5-3-2-4-6-11/h2-6,12-13,16H,7-10H2,1H3. The Morgan fingerprint density at radius 3 is 2.90 bits per heavy atom. The van der Waals surface area contributed by atoms with Crippen molar-refractivity contribution in [2.45, 2.75) is 24.8 Å². The number of rotatable bonds is 5. The second-order valence-electron chi connectivity index (χ2n) is 5.07. The quantitative estimate of drug-likeness (QED) is 0.915. The molecule has 0 bridgehead atoms. The molecule has 2 aromatic rings. The van der Waals surface area contributed by atoms with Gasteiger partial charge in [-0.1, -0.05) is 35.5 Å². The van der Waals surface area contributed by atoms with Gasteiger partial charge < -0.3 is 9.84 Å². The molecule has 1 saturated heterocycles. The number of thioether (sulfide) groups is 1. The van der Waals surface area contributed by atoms with Crippen molar-refractivity contribution < 1.29 is 4.52 Å². The van der Waals surface area contributed by atoms with Gasteiger partial charge in [-0.3, -0.25) is 0 Å². The summed E-state index contributed by atoms with van der Waals surface area (Å²) >= 11 is 1.94. The average molecular weight is 289 g/mol. The number of aryl methyl sites for hydroxylation is 2. The molecule has 0 radical (unpaired) electrons. The first-order chi connectivity index (χ1) is 9.86. The van der Waals surface area contributed by atoms with Crippen LogP contribution in [0.3, 0.4) is 0 Å². The first-order valence-corrected chi connectivity index (χ1v) is 8.13. The van der Waals surface area contributed by atoms with E-state index in [4.69, 9.17) is 4.52 Å². The van der Waals surface area contributed by atoms with Gasteiger partial charge in [0, 0.05) is 24.0 Å². The molecule has 0 spiro atoms. The number of nitrogens with one attached hydrogen (secondary N) is 1. The fourth-order valence-corrected chi connectivity index (χ4v) is 3.92. The van der Waals surface area contributed by atoms with Gasteiger partial charge in [0.15, 0.2) is 5.82 Å². The van der Waals surface area contributed by atoms with Gasteiger partial charge in [0.1, 0.15) is 0 Å². The number of likely N-dealkylation sites (N-methyl/N-ethyl adjacent to an activating group) is 1. The van der Waals surface area contributed by atoms with Crippen LogP contribution in [-0.2, 0) is 12.8 Å². The van der Waals surface area contributed by atoms with Crippen molar-refractivity contribution in [1.82, 2.24) is 15.5 Å². The van der Waals surface area contributed by atoms with Crippen molar-refractivity contribution in [3.05, 3.63) is 47.6 Å². The van der Waals surface area contributed by atoms with Crippen molar-refractivity contribution >= 4 is 11.8 Å². The van der Waals surface area contributed by atoms with Gasteiger partial charge >= 0.3 is 0 Å². The van der Waals surface area contributed by atoms with Crippen LogP contribution in [0.4, 0.5) is 0 Å². The molecule has 1 aromatic heterocycles. The van der Waals surface area contributed by atoms with Gasteiger partial charge in [-0.05, 0) is 19.0 Å². The zero-order valence-corrected chi connectivity index (χ0v) is 12.4. The van der Waals surface area contributed by atoms with Crippen molar-refractivity contribution in [1.29, 1.82) is 0 Å². The van der Waals surface area contributed by atoms with E-state index in [9.17, 15) is 0 Å². The molecule has 0 saturated carbocycles. The molecule has 0 aliphatic carbocycles. The van der Waals surface area contributed by atoms with Crippen LogP contribution in [0.2, 0.25) is 0 Å². The van der Waals surface area contributed by atoms with Crippen LogP contribution in [0.15, 0.2) is 34.9 Å². The van der Waals surface area contributed by atoms with E-state index >= 15 is 0 Å². The van der Waals surface area contributed by atoms with Gasteiger partial charge in [-0.2, -0.15) is 16.7 Å². The minimum Gasteiger partial charge on any atom is -0.339 e. The molecule has 0 amide bonds. The van der Waals surface area contributed by atoms with E-state index in [0.29, 0.717) is 12.0 Å². The van der Waals surface area contributed by atoms with Gasteiger partial charge in [0.2, 0.25) is 5.89 Å². The van der Waals surface area contributed by atoms with E-state index in [2.05, 4.69) is 39.7 Å². The van der Waals surface area contributed by atoms with Crippen LogP contribution in [0.1, 0.15) is 23.2 Å². The van der Waals surface area contributed by atoms with E-state index in [1.165, 1.54) is 5.56 Å². The SMILES string of the molecule is CNC1CSCC1c1nc(CCc2ccccc2)no1. The average Bonchev–Trinajstić information content (AvgIpc) is 3.14. The van der Waals surface area contributed by atoms with E-state index in [-0.39, 0.29) is 0 Å². The highest BCUT2D eigenvalue weighted by Crippen LogP contribution is 2.31. The normalized spacial score (nSPS) is 22.2. The van der Waals surface area contributed by atoms with Crippen LogP contribution in [-0.4, -0.2) is 34.7 Å². The van der Waals surface area contributed by atoms with E-state index in [1.54, 1.807) is 0 Å². The van der Waals surface area contributed by atoms with Gasteiger partial charge in [-0.15, -0.1) is 0 Å². The zero-order chi connectivity index (χ0) is 13.8. The lowest BCUT2D eigenvalue weighted by molar-refractivity contribution is 0.340. The smallest absolute Gasteiger partial charge is 0.232 e. The summed E-state index contributed by atoms with van der Waals surface area (Å²) < 4.78 is 5.45. The molecule has 1 aliphatic heterocycles. The lowest BCUT2D eigenvalue weighted by Crippen LogP contribution is -2.31. The Bertz CT molecular complexity index is 543. The first-order valence-electron chi connectivity index (χ1n) is 6.98. The highest BCUT2D eigenvalue weighted by atomic mass is 32.2. The Kier molecular flexibility index (Phi) is 4.38. The minimum atomic E-state index is 0.350. The van der Waals surface area contributed by atoms with Crippen LogP contribution < -0.4 is 5.32 Å². The molecule has 1 N–H and O–H groups in total. The maximum atomic E-state index is 5.45. The number of hydrogen-bond acceptors (Lipinski definition) is 5. The van der Waals surface area contributed by atoms with Gasteiger partial charge in [0.05, 0.1) is 5.92 Å². The molecule has 106 valence electrons. The molecule has 1 aliphatic rings. The van der Waals surface area contributed by atoms with Crippen molar-refractivity contribution in [3.8, 4) is 0 Å². The molecule has 20 heavy (non-hydrogen) atoms. The molecule has 4 nitrogen and oxygen atoms in total. The lowest BCUT2D eigenvalue weighted by Gasteiger charge is -2.13. The maximum absolute atomic E-state index is 5.45. The second kappa shape index (κ2) is 6.41. The largest absolute Gasteiger partial charge is 0.339 e. The van der Waals surface area contributed by atoms with E-state index in [1.807, 2.05) is 24.9 Å². The fraction of sp³-hybridized carbons (Fsp3) is 0.467. The molecule has 2 atom stereocenters. The molecular formula is C15H19N3OS. The molecule has 5 heteroatoms. The summed E-state index contributed by atoms with van der Waals surface area (Å²) in [4.78, 5) is 4.57. The Morgan fingerprint density at radius 2 is 2.10 bits per heavy atom. The summed E-state index contributed by atoms with van der Waals surface area (Å²) in [7, 11) is 2.00. The van der Waals surface area contributed by atoms with Crippen LogP contribution in [0, 0.1) is 0 Å². The zero-order valence-electron chi connectivity index (χ0n) is 11.6. The minimum absolute atomic E-state index is 0.350. The molecule has 2 unspecified atom stereocenters. The van der Waals surface area contributed by atoms with Crippen molar-refractivity contribution in [3.63, 3.8) is 0 Å². The fourth-order valence-electron chi connectivity index (χ4n) is 2.50. The van der Waals surface area contributed by atoms with Gasteiger partial charge in [0.25, 0.3) is 0 Å². The van der Waals surface area contributed by atoms with Crippen LogP contribution in [0.5, 0.6) is 0 Å². The highest BCUT2D eigenvalue weighted by molar-refractivity contribution is 7.99. The van der Waals surface area contributed by atoms with E-state index in [0.717, 1.165) is 36.1 Å². The number of benzene rings is 1. The number of hydrogen-bond donors (Lipinski definition) is 1. The van der Waals surface area contributed by atoms with Crippen molar-refractivity contribution in [2.24, 2.45) is 0 Å². The monoisotopic (exact) mass is 289 g/mol. The van der Waals surface area contributed by atoms with Crippen LogP contribution in [0.25, 0.3) is 0 Å². The lowest BCUT2D eigenvalue weighted by atomic mass is 10.0. The van der Waals surface area contributed by atoms with Crippen molar-refractivity contribution in [2.75, 3.05) is 18.6 Å². The maximum Gasteiger partial charge on any atom is 0.232 e. The predicted molar refractivity (Wildman–Crippen MR) is 81.1 cm³/mol. The molecule has 1 aromatic carbocycles. The third-order valence-corrected chi connectivity index (χ3v) is 4.92. The van der Waals surface area contributed by atoms with E-state index < -0.39 is 0 Å². The summed E-state index contributed by atoms with van der Waals surface area (Å²) in [5.41, 5.74) is 1.31. The second-order valence-corrected chi connectivity index (χ2v) is 6.15. The Hall–Kier alpha value is -1.33. The summed E-state index contributed by atoms with van der Waals surface area (Å²) in [6.07, 6.45) is 1.78. The first kappa shape index (κ1) is 13.6. The summed E-state index contributed by atoms with van der Waals surface area (Å²) in [5.74, 6) is 4.13. The summed E-state index contributed by atoms with van der Waals surface area (Å²) in [6.45, 7) is 0. The Balaban J connectivity index is 1.62. The third-order valence-electron chi connectivity index (χ3n) is 3.73. The Morgan fingerprint density at radius 1 is 1.25 bits per heavy atom. The molecular weight excluding hydrogens is 270 g/mol. The molecule has 1 fully saturated rings.